The molecule has 3 nitrogen and oxygen atoms in total. The molecule has 3 aromatic rings. The van der Waals surface area contributed by atoms with Crippen LogP contribution in [0.5, 0.6) is 11.5 Å². The van der Waals surface area contributed by atoms with E-state index in [1.54, 1.807) is 18.3 Å². The van der Waals surface area contributed by atoms with E-state index in [9.17, 15) is 0 Å². The largest absolute Gasteiger partial charge is 0.455 e. The van der Waals surface area contributed by atoms with Crippen LogP contribution in [0.1, 0.15) is 5.69 Å². The second-order valence-electron chi connectivity index (χ2n) is 4.47. The van der Waals surface area contributed by atoms with Gasteiger partial charge in [-0.25, -0.2) is 4.98 Å². The van der Waals surface area contributed by atoms with Gasteiger partial charge in [-0.15, -0.1) is 0 Å². The van der Waals surface area contributed by atoms with E-state index in [1.807, 2.05) is 30.3 Å². The van der Waals surface area contributed by atoms with Crippen LogP contribution in [0.3, 0.4) is 0 Å². The smallest absolute Gasteiger partial charge is 0.156 e. The van der Waals surface area contributed by atoms with Crippen LogP contribution in [0.2, 0.25) is 0 Å². The van der Waals surface area contributed by atoms with E-state index in [0.29, 0.717) is 11.4 Å². The molecule has 0 unspecified atom stereocenters. The molecule has 0 bridgehead atoms. The number of hydrogen-bond acceptors (Lipinski definition) is 3. The van der Waals surface area contributed by atoms with Crippen molar-refractivity contribution in [3.63, 3.8) is 0 Å². The number of rotatable bonds is 3. The lowest BCUT2D eigenvalue weighted by Crippen LogP contribution is -2.12. The first-order valence-corrected chi connectivity index (χ1v) is 7.45. The predicted octanol–water partition coefficient (Wildman–Crippen LogP) is 4.42. The van der Waals surface area contributed by atoms with Crippen molar-refractivity contribution in [1.29, 1.82) is 0 Å². The van der Waals surface area contributed by atoms with E-state index >= 15 is 0 Å². The maximum atomic E-state index is 5.87. The monoisotopic (exact) mass is 358 g/mol. The van der Waals surface area contributed by atoms with Crippen molar-refractivity contribution >= 4 is 43.9 Å². The third kappa shape index (κ3) is 3.04. The molecule has 0 atom stereocenters. The number of hydrogen-bond donors (Lipinski definition) is 1. The molecule has 0 aliphatic carbocycles. The Morgan fingerprint density at radius 3 is 2.67 bits per heavy atom. The van der Waals surface area contributed by atoms with E-state index in [4.69, 9.17) is 22.7 Å². The zero-order chi connectivity index (χ0) is 14.8. The number of nitrogens with two attached hydrogens (primary N) is 1. The van der Waals surface area contributed by atoms with Crippen molar-refractivity contribution in [2.24, 2.45) is 5.73 Å². The van der Waals surface area contributed by atoms with Gasteiger partial charge in [-0.3, -0.25) is 0 Å². The highest BCUT2D eigenvalue weighted by Crippen LogP contribution is 2.28. The summed E-state index contributed by atoms with van der Waals surface area (Å²) in [4.78, 5) is 4.37. The maximum Gasteiger partial charge on any atom is 0.156 e. The number of benzene rings is 2. The van der Waals surface area contributed by atoms with Crippen molar-refractivity contribution in [2.45, 2.75) is 0 Å². The zero-order valence-corrected chi connectivity index (χ0v) is 13.3. The lowest BCUT2D eigenvalue weighted by Gasteiger charge is -2.10. The molecule has 2 aromatic carbocycles. The van der Waals surface area contributed by atoms with Crippen LogP contribution in [0, 0.1) is 0 Å². The minimum absolute atomic E-state index is 0.218. The summed E-state index contributed by atoms with van der Waals surface area (Å²) >= 11 is 8.45. The first kappa shape index (κ1) is 14.0. The summed E-state index contributed by atoms with van der Waals surface area (Å²) in [5.74, 6) is 1.27. The fraction of sp³-hybridized carbons (Fsp3) is 0. The Bertz CT molecular complexity index is 835. The number of fused-ring (bicyclic) bond motifs is 1. The second-order valence-corrected chi connectivity index (χ2v) is 5.83. The Morgan fingerprint density at radius 1 is 1.10 bits per heavy atom. The molecule has 104 valence electrons. The van der Waals surface area contributed by atoms with Gasteiger partial charge >= 0.3 is 0 Å². The van der Waals surface area contributed by atoms with Crippen molar-refractivity contribution < 1.29 is 4.74 Å². The Morgan fingerprint density at radius 2 is 1.86 bits per heavy atom. The fourth-order valence-electron chi connectivity index (χ4n) is 2.04. The highest BCUT2D eigenvalue weighted by atomic mass is 79.9. The number of halogens is 1. The summed E-state index contributed by atoms with van der Waals surface area (Å²) in [5, 5.41) is 2.23. The molecule has 0 fully saturated rings. The maximum absolute atomic E-state index is 5.87. The Hall–Kier alpha value is -1.98. The third-order valence-corrected chi connectivity index (χ3v) is 3.69. The van der Waals surface area contributed by atoms with Crippen molar-refractivity contribution in [3.8, 4) is 11.5 Å². The molecule has 2 N–H and O–H groups in total. The molecule has 0 amide bonds. The molecule has 0 saturated carbocycles. The van der Waals surface area contributed by atoms with Crippen LogP contribution in [-0.2, 0) is 0 Å². The molecule has 0 saturated heterocycles. The van der Waals surface area contributed by atoms with E-state index in [0.717, 1.165) is 21.0 Å². The minimum Gasteiger partial charge on any atom is -0.455 e. The first-order chi connectivity index (χ1) is 10.1. The molecule has 3 rings (SSSR count). The van der Waals surface area contributed by atoms with Gasteiger partial charge in [0, 0.05) is 10.7 Å². The Labute approximate surface area is 135 Å². The fourth-order valence-corrected chi connectivity index (χ4v) is 2.58. The van der Waals surface area contributed by atoms with Crippen molar-refractivity contribution in [2.75, 3.05) is 0 Å². The molecule has 0 aliphatic rings. The predicted molar refractivity (Wildman–Crippen MR) is 91.8 cm³/mol. The standard InChI is InChI=1S/C16H11BrN2OS/c17-12-5-3-11-9-13(6-4-10(11)8-12)20-14-2-1-7-19-15(14)16(18)21/h1-9H,(H2,18,21). The molecule has 1 heterocycles. The molecule has 0 spiro atoms. The number of ether oxygens (including phenoxy) is 1. The average Bonchev–Trinajstić information content (AvgIpc) is 2.48. The van der Waals surface area contributed by atoms with Crippen LogP contribution in [0.25, 0.3) is 10.8 Å². The minimum atomic E-state index is 0.218. The van der Waals surface area contributed by atoms with Gasteiger partial charge in [0.25, 0.3) is 0 Å². The summed E-state index contributed by atoms with van der Waals surface area (Å²) in [5.41, 5.74) is 6.15. The Kier molecular flexibility index (Phi) is 3.86. The molecule has 0 aliphatic heterocycles. The van der Waals surface area contributed by atoms with Gasteiger partial charge in [0.15, 0.2) is 5.75 Å². The SMILES string of the molecule is NC(=S)c1ncccc1Oc1ccc2cc(Br)ccc2c1. The molecule has 5 heteroatoms. The van der Waals surface area contributed by atoms with Gasteiger partial charge < -0.3 is 10.5 Å². The highest BCUT2D eigenvalue weighted by Gasteiger charge is 2.08. The van der Waals surface area contributed by atoms with Crippen LogP contribution >= 0.6 is 28.1 Å². The summed E-state index contributed by atoms with van der Waals surface area (Å²) < 4.78 is 6.92. The lowest BCUT2D eigenvalue weighted by molar-refractivity contribution is 0.480. The summed E-state index contributed by atoms with van der Waals surface area (Å²) in [6.45, 7) is 0. The average molecular weight is 359 g/mol. The van der Waals surface area contributed by atoms with Gasteiger partial charge in [0.1, 0.15) is 16.4 Å². The highest BCUT2D eigenvalue weighted by molar-refractivity contribution is 9.10. The van der Waals surface area contributed by atoms with E-state index in [2.05, 4.69) is 27.0 Å². The number of aromatic nitrogens is 1. The first-order valence-electron chi connectivity index (χ1n) is 6.25. The second kappa shape index (κ2) is 5.79. The van der Waals surface area contributed by atoms with E-state index in [1.165, 1.54) is 0 Å². The van der Waals surface area contributed by atoms with Crippen LogP contribution in [0.15, 0.2) is 59.2 Å². The zero-order valence-electron chi connectivity index (χ0n) is 10.9. The van der Waals surface area contributed by atoms with Crippen molar-refractivity contribution in [3.05, 3.63) is 64.9 Å². The normalized spacial score (nSPS) is 10.5. The summed E-state index contributed by atoms with van der Waals surface area (Å²) in [6, 6.07) is 15.6. The molecular weight excluding hydrogens is 348 g/mol. The third-order valence-electron chi connectivity index (χ3n) is 3.01. The molecule has 0 radical (unpaired) electrons. The quantitative estimate of drug-likeness (QED) is 0.703. The lowest BCUT2D eigenvalue weighted by atomic mass is 10.1. The van der Waals surface area contributed by atoms with Gasteiger partial charge in [0.05, 0.1) is 0 Å². The van der Waals surface area contributed by atoms with Gasteiger partial charge in [0.2, 0.25) is 0 Å². The van der Waals surface area contributed by atoms with Crippen molar-refractivity contribution in [1.82, 2.24) is 4.98 Å². The topological polar surface area (TPSA) is 48.1 Å². The Balaban J connectivity index is 1.99. The number of pyridine rings is 1. The molecule has 1 aromatic heterocycles. The van der Waals surface area contributed by atoms with E-state index < -0.39 is 0 Å². The summed E-state index contributed by atoms with van der Waals surface area (Å²) in [7, 11) is 0. The van der Waals surface area contributed by atoms with Crippen LogP contribution in [0.4, 0.5) is 0 Å². The van der Waals surface area contributed by atoms with Crippen LogP contribution < -0.4 is 10.5 Å². The number of nitrogens with zero attached hydrogens (tertiary/aromatic N) is 1. The molecule has 21 heavy (non-hydrogen) atoms. The van der Waals surface area contributed by atoms with Crippen LogP contribution in [-0.4, -0.2) is 9.97 Å². The van der Waals surface area contributed by atoms with Gasteiger partial charge in [-0.2, -0.15) is 0 Å². The molecular formula is C16H11BrN2OS. The van der Waals surface area contributed by atoms with Gasteiger partial charge in [-0.05, 0) is 47.2 Å². The summed E-state index contributed by atoms with van der Waals surface area (Å²) in [6.07, 6.45) is 1.64. The van der Waals surface area contributed by atoms with Gasteiger partial charge in [-0.1, -0.05) is 40.3 Å². The number of thiocarbonyl (C=S) groups is 1. The van der Waals surface area contributed by atoms with E-state index in [-0.39, 0.29) is 4.99 Å².